The van der Waals surface area contributed by atoms with Crippen LogP contribution in [0.1, 0.15) is 50.6 Å². The van der Waals surface area contributed by atoms with Crippen molar-refractivity contribution in [3.05, 3.63) is 76.6 Å². The molecule has 7 nitrogen and oxygen atoms in total. The molecule has 28 heavy (non-hydrogen) atoms. The number of carbonyl (C=O) groups is 2. The van der Waals surface area contributed by atoms with Gasteiger partial charge in [0.1, 0.15) is 5.75 Å². The minimum atomic E-state index is -0.402. The van der Waals surface area contributed by atoms with Gasteiger partial charge in [-0.05, 0) is 55.8 Å². The molecular weight excluding hydrogens is 358 g/mol. The Hall–Kier alpha value is -3.61. The van der Waals surface area contributed by atoms with Crippen LogP contribution in [0.4, 0.5) is 5.69 Å². The summed E-state index contributed by atoms with van der Waals surface area (Å²) < 4.78 is 5.01. The molecule has 1 amide bonds. The van der Waals surface area contributed by atoms with Crippen LogP contribution in [0.2, 0.25) is 0 Å². The fraction of sp³-hybridized carbons (Fsp3) is 0.190. The number of carbonyl (C=O) groups excluding carboxylic acids is 2. The van der Waals surface area contributed by atoms with Crippen molar-refractivity contribution in [2.75, 3.05) is 11.5 Å². The molecule has 1 aromatic heterocycles. The van der Waals surface area contributed by atoms with Crippen LogP contribution in [0.25, 0.3) is 0 Å². The minimum absolute atomic E-state index is 0.155. The second-order valence-electron chi connectivity index (χ2n) is 6.55. The number of H-pyrrole nitrogens is 1. The predicted molar refractivity (Wildman–Crippen MR) is 102 cm³/mol. The Balaban J connectivity index is 1.77. The van der Waals surface area contributed by atoms with Crippen molar-refractivity contribution >= 4 is 17.6 Å². The summed E-state index contributed by atoms with van der Waals surface area (Å²) in [5, 5.41) is 16.7. The molecule has 1 atom stereocenters. The van der Waals surface area contributed by atoms with Crippen LogP contribution in [0.3, 0.4) is 0 Å². The molecule has 0 radical (unpaired) electrons. The van der Waals surface area contributed by atoms with Gasteiger partial charge in [-0.3, -0.25) is 14.8 Å². The number of aromatic nitrogens is 2. The topological polar surface area (TPSA) is 95.5 Å². The number of phenolic OH excluding ortho intramolecular Hbond substituents is 1. The number of amides is 1. The number of nitrogens with one attached hydrogen (secondary N) is 1. The van der Waals surface area contributed by atoms with Gasteiger partial charge < -0.3 is 9.84 Å². The maximum atomic E-state index is 13.1. The summed E-state index contributed by atoms with van der Waals surface area (Å²) in [6.07, 6.45) is 0. The maximum absolute atomic E-state index is 13.1. The lowest BCUT2D eigenvalue weighted by molar-refractivity contribution is 0.0526. The quantitative estimate of drug-likeness (QED) is 0.680. The van der Waals surface area contributed by atoms with Gasteiger partial charge in [0.25, 0.3) is 5.91 Å². The molecule has 0 spiro atoms. The minimum Gasteiger partial charge on any atom is -0.508 e. The van der Waals surface area contributed by atoms with E-state index in [1.54, 1.807) is 60.4 Å². The third-order valence-corrected chi connectivity index (χ3v) is 4.81. The monoisotopic (exact) mass is 377 g/mol. The number of hydrogen-bond donors (Lipinski definition) is 2. The highest BCUT2D eigenvalue weighted by atomic mass is 16.5. The number of fused-ring (bicyclic) bond motifs is 1. The van der Waals surface area contributed by atoms with Crippen LogP contribution in [0, 0.1) is 6.92 Å². The second-order valence-corrected chi connectivity index (χ2v) is 6.55. The van der Waals surface area contributed by atoms with E-state index in [0.717, 1.165) is 16.8 Å². The summed E-state index contributed by atoms with van der Waals surface area (Å²) in [7, 11) is 0. The molecule has 1 aliphatic heterocycles. The average Bonchev–Trinajstić information content (AvgIpc) is 3.21. The maximum Gasteiger partial charge on any atom is 0.338 e. The second kappa shape index (κ2) is 6.84. The van der Waals surface area contributed by atoms with Gasteiger partial charge in [0, 0.05) is 16.9 Å². The first-order chi connectivity index (χ1) is 13.5. The Bertz CT molecular complexity index is 1040. The van der Waals surface area contributed by atoms with Gasteiger partial charge in [-0.2, -0.15) is 5.10 Å². The summed E-state index contributed by atoms with van der Waals surface area (Å²) in [5.74, 6) is -0.468. The third-order valence-electron chi connectivity index (χ3n) is 4.81. The molecule has 0 bridgehead atoms. The molecule has 3 aromatic rings. The highest BCUT2D eigenvalue weighted by molar-refractivity contribution is 6.10. The molecule has 2 aromatic carbocycles. The van der Waals surface area contributed by atoms with E-state index in [9.17, 15) is 14.7 Å². The number of hydrogen-bond acceptors (Lipinski definition) is 5. The van der Waals surface area contributed by atoms with Gasteiger partial charge >= 0.3 is 5.97 Å². The lowest BCUT2D eigenvalue weighted by Crippen LogP contribution is -2.29. The highest BCUT2D eigenvalue weighted by Gasteiger charge is 2.42. The van der Waals surface area contributed by atoms with Crippen molar-refractivity contribution in [1.29, 1.82) is 0 Å². The number of rotatable bonds is 4. The van der Waals surface area contributed by atoms with E-state index in [2.05, 4.69) is 10.2 Å². The van der Waals surface area contributed by atoms with Gasteiger partial charge in [-0.25, -0.2) is 4.79 Å². The first kappa shape index (κ1) is 17.8. The molecule has 4 rings (SSSR count). The van der Waals surface area contributed by atoms with Gasteiger partial charge in [-0.15, -0.1) is 0 Å². The molecular formula is C21H19N3O4. The number of aromatic hydroxyl groups is 1. The zero-order valence-corrected chi connectivity index (χ0v) is 15.5. The van der Waals surface area contributed by atoms with Gasteiger partial charge in [0.05, 0.1) is 18.2 Å². The van der Waals surface area contributed by atoms with Crippen LogP contribution in [-0.2, 0) is 4.74 Å². The number of ether oxygens (including phenoxy) is 1. The van der Waals surface area contributed by atoms with E-state index in [0.29, 0.717) is 23.6 Å². The van der Waals surface area contributed by atoms with Crippen LogP contribution in [0.5, 0.6) is 5.75 Å². The van der Waals surface area contributed by atoms with Crippen molar-refractivity contribution < 1.29 is 19.4 Å². The normalized spacial score (nSPS) is 15.6. The Morgan fingerprint density at radius 2 is 1.86 bits per heavy atom. The highest BCUT2D eigenvalue weighted by Crippen LogP contribution is 2.42. The third kappa shape index (κ3) is 2.81. The number of anilines is 1. The van der Waals surface area contributed by atoms with Crippen molar-refractivity contribution in [3.8, 4) is 5.75 Å². The zero-order chi connectivity index (χ0) is 19.8. The van der Waals surface area contributed by atoms with E-state index < -0.39 is 5.97 Å². The van der Waals surface area contributed by atoms with Gasteiger partial charge in [0.2, 0.25) is 0 Å². The molecule has 0 fully saturated rings. The van der Waals surface area contributed by atoms with E-state index in [1.807, 2.05) is 6.92 Å². The summed E-state index contributed by atoms with van der Waals surface area (Å²) >= 11 is 0. The molecule has 2 heterocycles. The molecule has 0 saturated carbocycles. The number of aryl methyl sites for hydroxylation is 1. The number of phenols is 1. The van der Waals surface area contributed by atoms with Crippen LogP contribution in [0.15, 0.2) is 48.5 Å². The predicted octanol–water partition coefficient (Wildman–Crippen LogP) is 3.35. The fourth-order valence-electron chi connectivity index (χ4n) is 3.51. The van der Waals surface area contributed by atoms with Crippen LogP contribution < -0.4 is 4.90 Å². The molecule has 1 aliphatic rings. The standard InChI is InChI=1S/C21H19N3O4/c1-3-28-21(27)14-4-8-15(9-5-14)24-19(13-6-10-16(25)11-7-13)17-12(2)22-23-18(17)20(24)26/h4-11,19,25H,3H2,1-2H3,(H,22,23)/t19-/m1/s1. The zero-order valence-electron chi connectivity index (χ0n) is 15.5. The SMILES string of the molecule is CCOC(=O)c1ccc(N2C(=O)c3n[nH]c(C)c3[C@H]2c2ccc(O)cc2)cc1. The molecule has 0 aliphatic carbocycles. The number of aromatic amines is 1. The van der Waals surface area contributed by atoms with Crippen LogP contribution in [-0.4, -0.2) is 33.8 Å². The lowest BCUT2D eigenvalue weighted by atomic mass is 9.98. The first-order valence-electron chi connectivity index (χ1n) is 8.95. The van der Waals surface area contributed by atoms with Crippen molar-refractivity contribution in [3.63, 3.8) is 0 Å². The Morgan fingerprint density at radius 1 is 1.18 bits per heavy atom. The summed E-state index contributed by atoms with van der Waals surface area (Å²) in [6, 6.07) is 13.1. The van der Waals surface area contributed by atoms with Gasteiger partial charge in [-0.1, -0.05) is 12.1 Å². The summed E-state index contributed by atoms with van der Waals surface area (Å²) in [5.41, 5.74) is 3.92. The van der Waals surface area contributed by atoms with Crippen LogP contribution >= 0.6 is 0 Å². The number of nitrogens with zero attached hydrogens (tertiary/aromatic N) is 2. The van der Waals surface area contributed by atoms with E-state index >= 15 is 0 Å². The molecule has 0 unspecified atom stereocenters. The Labute approximate surface area is 161 Å². The summed E-state index contributed by atoms with van der Waals surface area (Å²) in [6.45, 7) is 3.93. The van der Waals surface area contributed by atoms with E-state index in [-0.39, 0.29) is 17.7 Å². The summed E-state index contributed by atoms with van der Waals surface area (Å²) in [4.78, 5) is 26.6. The number of esters is 1. The average molecular weight is 377 g/mol. The van der Waals surface area contributed by atoms with Crippen molar-refractivity contribution in [2.24, 2.45) is 0 Å². The Kier molecular flexibility index (Phi) is 4.35. The van der Waals surface area contributed by atoms with E-state index in [4.69, 9.17) is 4.74 Å². The van der Waals surface area contributed by atoms with Crippen molar-refractivity contribution in [2.45, 2.75) is 19.9 Å². The van der Waals surface area contributed by atoms with Gasteiger partial charge in [0.15, 0.2) is 5.69 Å². The molecule has 142 valence electrons. The molecule has 7 heteroatoms. The smallest absolute Gasteiger partial charge is 0.338 e. The van der Waals surface area contributed by atoms with Crippen molar-refractivity contribution in [1.82, 2.24) is 10.2 Å². The fourth-order valence-corrected chi connectivity index (χ4v) is 3.51. The lowest BCUT2D eigenvalue weighted by Gasteiger charge is -2.26. The Morgan fingerprint density at radius 3 is 2.50 bits per heavy atom. The van der Waals surface area contributed by atoms with E-state index in [1.165, 1.54) is 0 Å². The first-order valence-corrected chi connectivity index (χ1v) is 8.95. The number of benzene rings is 2. The molecule has 0 saturated heterocycles. The molecule has 2 N–H and O–H groups in total. The largest absolute Gasteiger partial charge is 0.508 e.